The first-order valence-corrected chi connectivity index (χ1v) is 5.08. The van der Waals surface area contributed by atoms with Crippen LogP contribution in [-0.2, 0) is 0 Å². The molecule has 0 spiro atoms. The summed E-state index contributed by atoms with van der Waals surface area (Å²) in [7, 11) is 0. The minimum atomic E-state index is -0.337. The standard InChI is InChI=1S/C7H6FI/c1-9-7-5-3-2-4-6(7)8/h2-5H,1H2. The van der Waals surface area contributed by atoms with Crippen molar-refractivity contribution >= 4 is 25.2 Å². The molecule has 0 fully saturated rings. The van der Waals surface area contributed by atoms with Gasteiger partial charge >= 0.3 is 0 Å². The average molecular weight is 236 g/mol. The highest BCUT2D eigenvalue weighted by atomic mass is 127. The molecular weight excluding hydrogens is 230 g/mol. The molecule has 2 heteroatoms. The highest BCUT2D eigenvalue weighted by Gasteiger charge is 1.92. The summed E-state index contributed by atoms with van der Waals surface area (Å²) < 4.78 is 17.1. The van der Waals surface area contributed by atoms with Crippen LogP contribution >= 0.6 is 20.7 Å². The van der Waals surface area contributed by atoms with E-state index in [2.05, 4.69) is 4.51 Å². The molecule has 1 rings (SSSR count). The fraction of sp³-hybridized carbons (Fsp3) is 0. The molecule has 0 unspecified atom stereocenters. The minimum Gasteiger partial charge on any atom is -0.206 e. The topological polar surface area (TPSA) is 0 Å². The Hall–Kier alpha value is -0.250. The second kappa shape index (κ2) is 3.06. The van der Waals surface area contributed by atoms with E-state index in [1.54, 1.807) is 12.1 Å². The van der Waals surface area contributed by atoms with E-state index in [1.165, 1.54) is 6.07 Å². The number of hydrogen-bond acceptors (Lipinski definition) is 0. The predicted octanol–water partition coefficient (Wildman–Crippen LogP) is 2.40. The molecule has 1 aromatic rings. The molecule has 0 saturated heterocycles. The van der Waals surface area contributed by atoms with Gasteiger partial charge in [0.2, 0.25) is 0 Å². The molecule has 0 aliphatic carbocycles. The fourth-order valence-corrected chi connectivity index (χ4v) is 1.55. The molecular formula is C7H6FI. The van der Waals surface area contributed by atoms with Crippen molar-refractivity contribution in [1.82, 2.24) is 0 Å². The number of halogens is 2. The number of benzene rings is 1. The summed E-state index contributed by atoms with van der Waals surface area (Å²) in [6.45, 7) is 0. The van der Waals surface area contributed by atoms with Crippen molar-refractivity contribution in [3.05, 3.63) is 33.7 Å². The summed E-state index contributed by atoms with van der Waals surface area (Å²) in [5.41, 5.74) is 0. The SMILES string of the molecule is C=Ic1ccccc1F. The van der Waals surface area contributed by atoms with Crippen LogP contribution in [0, 0.1) is 9.39 Å². The summed E-state index contributed by atoms with van der Waals surface area (Å²) in [4.78, 5) is 0. The second-order valence-corrected chi connectivity index (χ2v) is 3.47. The molecule has 0 amide bonds. The van der Waals surface area contributed by atoms with Crippen LogP contribution in [0.5, 0.6) is 0 Å². The summed E-state index contributed by atoms with van der Waals surface area (Å²) in [5.74, 6) is -0.111. The van der Waals surface area contributed by atoms with Crippen molar-refractivity contribution in [3.63, 3.8) is 0 Å². The Morgan fingerprint density at radius 2 is 2.00 bits per heavy atom. The Balaban J connectivity index is 3.15. The van der Waals surface area contributed by atoms with E-state index in [0.717, 1.165) is 3.57 Å². The van der Waals surface area contributed by atoms with Crippen LogP contribution in [0.15, 0.2) is 24.3 Å². The van der Waals surface area contributed by atoms with Crippen molar-refractivity contribution in [3.8, 4) is 0 Å². The predicted molar refractivity (Wildman–Crippen MR) is 46.2 cm³/mol. The van der Waals surface area contributed by atoms with Gasteiger partial charge in [-0.1, -0.05) is 37.4 Å². The van der Waals surface area contributed by atoms with Gasteiger partial charge in [-0.25, -0.2) is 4.39 Å². The van der Waals surface area contributed by atoms with Crippen molar-refractivity contribution in [2.45, 2.75) is 0 Å². The molecule has 0 heterocycles. The molecule has 1 aromatic carbocycles. The lowest BCUT2D eigenvalue weighted by Crippen LogP contribution is -1.76. The summed E-state index contributed by atoms with van der Waals surface area (Å²) in [6, 6.07) is 6.79. The Morgan fingerprint density at radius 1 is 1.33 bits per heavy atom. The average Bonchev–Trinajstić information content (AvgIpc) is 1.89. The van der Waals surface area contributed by atoms with Gasteiger partial charge in [0.15, 0.2) is 0 Å². The zero-order chi connectivity index (χ0) is 6.69. The molecule has 9 heavy (non-hydrogen) atoms. The fourth-order valence-electron chi connectivity index (χ4n) is 0.548. The lowest BCUT2D eigenvalue weighted by atomic mass is 10.4. The van der Waals surface area contributed by atoms with Gasteiger partial charge in [0, 0.05) is 3.57 Å². The van der Waals surface area contributed by atoms with Crippen LogP contribution < -0.4 is 0 Å². The van der Waals surface area contributed by atoms with E-state index in [4.69, 9.17) is 0 Å². The van der Waals surface area contributed by atoms with Crippen molar-refractivity contribution in [1.29, 1.82) is 0 Å². The largest absolute Gasteiger partial charge is 0.206 e. The first kappa shape index (κ1) is 6.86. The molecule has 0 nitrogen and oxygen atoms in total. The van der Waals surface area contributed by atoms with Gasteiger partial charge in [0.05, 0.1) is 0 Å². The monoisotopic (exact) mass is 236 g/mol. The van der Waals surface area contributed by atoms with Crippen LogP contribution in [0.3, 0.4) is 0 Å². The first-order valence-electron chi connectivity index (χ1n) is 2.47. The zero-order valence-electron chi connectivity index (χ0n) is 4.77. The molecule has 0 saturated carbocycles. The van der Waals surface area contributed by atoms with E-state index in [-0.39, 0.29) is 26.5 Å². The van der Waals surface area contributed by atoms with E-state index in [1.807, 2.05) is 6.07 Å². The minimum absolute atomic E-state index is 0.111. The summed E-state index contributed by atoms with van der Waals surface area (Å²) >= 11 is -0.337. The maximum absolute atomic E-state index is 12.6. The number of rotatable bonds is 1. The summed E-state index contributed by atoms with van der Waals surface area (Å²) in [6.07, 6.45) is 0. The van der Waals surface area contributed by atoms with E-state index < -0.39 is 0 Å². The van der Waals surface area contributed by atoms with Gasteiger partial charge in [0.25, 0.3) is 0 Å². The third-order valence-electron chi connectivity index (χ3n) is 0.968. The Bertz CT molecular complexity index is 220. The highest BCUT2D eigenvalue weighted by molar-refractivity contribution is 14.2. The summed E-state index contributed by atoms with van der Waals surface area (Å²) in [5, 5.41) is 0. The second-order valence-electron chi connectivity index (χ2n) is 1.55. The Kier molecular flexibility index (Phi) is 2.33. The highest BCUT2D eigenvalue weighted by Crippen LogP contribution is 2.12. The molecule has 0 aromatic heterocycles. The van der Waals surface area contributed by atoms with Crippen LogP contribution in [0.2, 0.25) is 0 Å². The van der Waals surface area contributed by atoms with Gasteiger partial charge in [-0.15, -0.1) is 0 Å². The van der Waals surface area contributed by atoms with E-state index >= 15 is 0 Å². The van der Waals surface area contributed by atoms with Gasteiger partial charge in [0.1, 0.15) is 5.82 Å². The van der Waals surface area contributed by atoms with Crippen molar-refractivity contribution in [2.75, 3.05) is 0 Å². The molecule has 0 aliphatic heterocycles. The Labute approximate surface area is 63.5 Å². The van der Waals surface area contributed by atoms with Gasteiger partial charge in [-0.3, -0.25) is 0 Å². The molecule has 0 atom stereocenters. The normalized spacial score (nSPS) is 9.44. The smallest absolute Gasteiger partial charge is 0.136 e. The van der Waals surface area contributed by atoms with Crippen molar-refractivity contribution < 1.29 is 4.39 Å². The zero-order valence-corrected chi connectivity index (χ0v) is 6.93. The third-order valence-corrected chi connectivity index (χ3v) is 2.66. The van der Waals surface area contributed by atoms with Crippen LogP contribution in [0.4, 0.5) is 4.39 Å². The van der Waals surface area contributed by atoms with Gasteiger partial charge in [-0.05, 0) is 12.1 Å². The molecule has 0 aliphatic rings. The maximum Gasteiger partial charge on any atom is 0.136 e. The maximum atomic E-state index is 12.6. The lowest BCUT2D eigenvalue weighted by molar-refractivity contribution is 0.620. The van der Waals surface area contributed by atoms with Crippen LogP contribution in [0.25, 0.3) is 0 Å². The van der Waals surface area contributed by atoms with Crippen LogP contribution in [-0.4, -0.2) is 4.51 Å². The van der Waals surface area contributed by atoms with Crippen molar-refractivity contribution in [2.24, 2.45) is 0 Å². The van der Waals surface area contributed by atoms with Crippen LogP contribution in [0.1, 0.15) is 0 Å². The van der Waals surface area contributed by atoms with E-state index in [0.29, 0.717) is 0 Å². The Morgan fingerprint density at radius 3 is 2.44 bits per heavy atom. The molecule has 0 N–H and O–H groups in total. The van der Waals surface area contributed by atoms with E-state index in [9.17, 15) is 4.39 Å². The quantitative estimate of drug-likeness (QED) is 0.657. The third kappa shape index (κ3) is 1.58. The lowest BCUT2D eigenvalue weighted by Gasteiger charge is -1.90. The number of hydrogen-bond donors (Lipinski definition) is 0. The first-order chi connectivity index (χ1) is 4.34. The molecule has 48 valence electrons. The van der Waals surface area contributed by atoms with Gasteiger partial charge < -0.3 is 0 Å². The molecule has 0 bridgehead atoms. The van der Waals surface area contributed by atoms with Gasteiger partial charge in [-0.2, -0.15) is 0 Å². The molecule has 0 radical (unpaired) electrons.